The number of aryl methyl sites for hydroxylation is 2. The van der Waals surface area contributed by atoms with Crippen LogP contribution in [0.1, 0.15) is 16.7 Å². The largest absolute Gasteiger partial charge is 0.468 e. The molecule has 0 spiro atoms. The molecule has 4 rings (SSSR count). The second-order valence-corrected chi connectivity index (χ2v) is 7.48. The van der Waals surface area contributed by atoms with Crippen molar-refractivity contribution in [1.82, 2.24) is 25.0 Å². The smallest absolute Gasteiger partial charge is 0.327 e. The van der Waals surface area contributed by atoms with Gasteiger partial charge >= 0.3 is 5.97 Å². The minimum Gasteiger partial charge on any atom is -0.468 e. The van der Waals surface area contributed by atoms with Gasteiger partial charge in [-0.25, -0.2) is 9.67 Å². The summed E-state index contributed by atoms with van der Waals surface area (Å²) in [5, 5.41) is 11.3. The molecule has 34 heavy (non-hydrogen) atoms. The van der Waals surface area contributed by atoms with Gasteiger partial charge in [-0.3, -0.25) is 4.79 Å². The van der Waals surface area contributed by atoms with Crippen molar-refractivity contribution in [3.05, 3.63) is 71.5 Å². The number of benzene rings is 2. The average Bonchev–Trinajstić information content (AvgIpc) is 3.30. The number of rotatable bonds is 7. The molecule has 2 aromatic heterocycles. The highest BCUT2D eigenvalue weighted by Gasteiger charge is 2.13. The Labute approximate surface area is 196 Å². The third-order valence-corrected chi connectivity index (χ3v) is 4.96. The van der Waals surface area contributed by atoms with E-state index in [-0.39, 0.29) is 6.54 Å². The summed E-state index contributed by atoms with van der Waals surface area (Å²) in [6.07, 6.45) is 8.72. The third-order valence-electron chi connectivity index (χ3n) is 4.96. The minimum absolute atomic E-state index is 0.000786. The Bertz CT molecular complexity index is 1350. The van der Waals surface area contributed by atoms with Crippen molar-refractivity contribution in [1.29, 1.82) is 0 Å². The summed E-state index contributed by atoms with van der Waals surface area (Å²) in [6.45, 7) is 3.89. The van der Waals surface area contributed by atoms with Crippen LogP contribution in [-0.4, -0.2) is 38.0 Å². The standard InChI is InChI=1S/C25H22N6O3/c1-5-18-6-8-20(9-7-18)27-25-26-11-10-22(28-25)34-24-16(2)12-19(13-17(24)3)21-14-31(30-29-21)15-23(32)33-4/h1,6-14H,15H2,2-4H3,(H,26,27,28). The number of nitrogens with zero attached hydrogens (tertiary/aromatic N) is 5. The molecule has 0 radical (unpaired) electrons. The molecule has 0 aliphatic rings. The number of terminal acetylenes is 1. The molecule has 4 aromatic rings. The van der Waals surface area contributed by atoms with Gasteiger partial charge in [-0.15, -0.1) is 11.5 Å². The van der Waals surface area contributed by atoms with Gasteiger partial charge in [-0.2, -0.15) is 4.98 Å². The van der Waals surface area contributed by atoms with Crippen molar-refractivity contribution in [3.63, 3.8) is 0 Å². The number of carbonyl (C=O) groups excluding carboxylic acids is 1. The number of esters is 1. The van der Waals surface area contributed by atoms with Crippen LogP contribution < -0.4 is 10.1 Å². The highest BCUT2D eigenvalue weighted by atomic mass is 16.5. The zero-order valence-corrected chi connectivity index (χ0v) is 18.9. The Morgan fingerprint density at radius 1 is 1.15 bits per heavy atom. The summed E-state index contributed by atoms with van der Waals surface area (Å²) >= 11 is 0. The lowest BCUT2D eigenvalue weighted by molar-refractivity contribution is -0.141. The van der Waals surface area contributed by atoms with Gasteiger partial charge in [0, 0.05) is 29.1 Å². The molecule has 0 aliphatic heterocycles. The molecular formula is C25H22N6O3. The van der Waals surface area contributed by atoms with Gasteiger partial charge in [0.05, 0.1) is 13.3 Å². The maximum Gasteiger partial charge on any atom is 0.327 e. The number of ether oxygens (including phenoxy) is 2. The van der Waals surface area contributed by atoms with Crippen LogP contribution in [0.15, 0.2) is 54.9 Å². The number of methoxy groups -OCH3 is 1. The van der Waals surface area contributed by atoms with E-state index >= 15 is 0 Å². The minimum atomic E-state index is -0.393. The fraction of sp³-hybridized carbons (Fsp3) is 0.160. The normalized spacial score (nSPS) is 10.4. The molecule has 170 valence electrons. The van der Waals surface area contributed by atoms with Crippen molar-refractivity contribution in [2.75, 3.05) is 12.4 Å². The average molecular weight is 454 g/mol. The molecule has 0 aliphatic carbocycles. The van der Waals surface area contributed by atoms with E-state index in [1.54, 1.807) is 18.5 Å². The summed E-state index contributed by atoms with van der Waals surface area (Å²) in [6, 6.07) is 13.0. The quantitative estimate of drug-likeness (QED) is 0.330. The lowest BCUT2D eigenvalue weighted by atomic mass is 10.0. The van der Waals surface area contributed by atoms with Gasteiger partial charge in [0.15, 0.2) is 0 Å². The molecule has 2 heterocycles. The number of hydrogen-bond donors (Lipinski definition) is 1. The van der Waals surface area contributed by atoms with Crippen LogP contribution in [0.2, 0.25) is 0 Å². The molecule has 2 aromatic carbocycles. The van der Waals surface area contributed by atoms with E-state index < -0.39 is 5.97 Å². The van der Waals surface area contributed by atoms with Gasteiger partial charge in [0.1, 0.15) is 18.0 Å². The highest BCUT2D eigenvalue weighted by molar-refractivity contribution is 5.69. The second kappa shape index (κ2) is 9.83. The van der Waals surface area contributed by atoms with E-state index in [2.05, 4.69) is 36.3 Å². The lowest BCUT2D eigenvalue weighted by Crippen LogP contribution is -2.11. The van der Waals surface area contributed by atoms with Crippen LogP contribution in [0.5, 0.6) is 11.6 Å². The maximum atomic E-state index is 11.5. The fourth-order valence-corrected chi connectivity index (χ4v) is 3.31. The maximum absolute atomic E-state index is 11.5. The summed E-state index contributed by atoms with van der Waals surface area (Å²) in [7, 11) is 1.33. The lowest BCUT2D eigenvalue weighted by Gasteiger charge is -2.13. The Kier molecular flexibility index (Phi) is 6.50. The topological polar surface area (TPSA) is 104 Å². The fourth-order valence-electron chi connectivity index (χ4n) is 3.31. The molecule has 0 fully saturated rings. The summed E-state index contributed by atoms with van der Waals surface area (Å²) in [5.41, 5.74) is 4.91. The monoisotopic (exact) mass is 454 g/mol. The Balaban J connectivity index is 1.51. The van der Waals surface area contributed by atoms with Crippen molar-refractivity contribution in [3.8, 4) is 35.2 Å². The van der Waals surface area contributed by atoms with Crippen molar-refractivity contribution < 1.29 is 14.3 Å². The molecule has 0 unspecified atom stereocenters. The van der Waals surface area contributed by atoms with Crippen LogP contribution in [0.25, 0.3) is 11.3 Å². The van der Waals surface area contributed by atoms with E-state index in [0.717, 1.165) is 27.9 Å². The van der Waals surface area contributed by atoms with Crippen LogP contribution in [0.3, 0.4) is 0 Å². The predicted molar refractivity (Wildman–Crippen MR) is 127 cm³/mol. The van der Waals surface area contributed by atoms with E-state index in [0.29, 0.717) is 23.3 Å². The SMILES string of the molecule is C#Cc1ccc(Nc2nccc(Oc3c(C)cc(-c4cn(CC(=O)OC)nn4)cc3C)n2)cc1. The highest BCUT2D eigenvalue weighted by Crippen LogP contribution is 2.32. The van der Waals surface area contributed by atoms with E-state index in [1.807, 2.05) is 50.2 Å². The molecule has 0 saturated carbocycles. The van der Waals surface area contributed by atoms with Crippen molar-refractivity contribution in [2.24, 2.45) is 0 Å². The first-order valence-corrected chi connectivity index (χ1v) is 10.4. The zero-order chi connectivity index (χ0) is 24.1. The number of aromatic nitrogens is 5. The summed E-state index contributed by atoms with van der Waals surface area (Å²) in [5.74, 6) is 3.69. The van der Waals surface area contributed by atoms with Crippen molar-refractivity contribution in [2.45, 2.75) is 20.4 Å². The van der Waals surface area contributed by atoms with Gasteiger partial charge in [-0.05, 0) is 61.4 Å². The molecular weight excluding hydrogens is 432 g/mol. The molecule has 9 heteroatoms. The van der Waals surface area contributed by atoms with E-state index in [4.69, 9.17) is 11.2 Å². The predicted octanol–water partition coefficient (Wildman–Crippen LogP) is 4.04. The summed E-state index contributed by atoms with van der Waals surface area (Å²) in [4.78, 5) is 20.2. The van der Waals surface area contributed by atoms with Crippen molar-refractivity contribution >= 4 is 17.6 Å². The van der Waals surface area contributed by atoms with Gasteiger partial charge in [0.2, 0.25) is 11.8 Å². The van der Waals surface area contributed by atoms with Crippen LogP contribution in [0, 0.1) is 26.2 Å². The number of nitrogens with one attached hydrogen (secondary N) is 1. The molecule has 0 amide bonds. The summed E-state index contributed by atoms with van der Waals surface area (Å²) < 4.78 is 12.2. The Morgan fingerprint density at radius 2 is 1.88 bits per heavy atom. The zero-order valence-electron chi connectivity index (χ0n) is 18.9. The molecule has 1 N–H and O–H groups in total. The molecule has 0 saturated heterocycles. The Hall–Kier alpha value is -4.71. The van der Waals surface area contributed by atoms with Crippen LogP contribution in [-0.2, 0) is 16.1 Å². The first-order chi connectivity index (χ1) is 16.4. The van der Waals surface area contributed by atoms with E-state index in [9.17, 15) is 4.79 Å². The van der Waals surface area contributed by atoms with Gasteiger partial charge < -0.3 is 14.8 Å². The van der Waals surface area contributed by atoms with Crippen LogP contribution in [0.4, 0.5) is 11.6 Å². The van der Waals surface area contributed by atoms with Crippen LogP contribution >= 0.6 is 0 Å². The number of carbonyl (C=O) groups is 1. The first-order valence-electron chi connectivity index (χ1n) is 10.4. The number of hydrogen-bond acceptors (Lipinski definition) is 8. The molecule has 0 bridgehead atoms. The van der Waals surface area contributed by atoms with E-state index in [1.165, 1.54) is 11.8 Å². The Morgan fingerprint density at radius 3 is 2.56 bits per heavy atom. The van der Waals surface area contributed by atoms with Gasteiger partial charge in [0.25, 0.3) is 0 Å². The molecule has 9 nitrogen and oxygen atoms in total. The number of anilines is 2. The van der Waals surface area contributed by atoms with Gasteiger partial charge in [-0.1, -0.05) is 11.1 Å². The second-order valence-electron chi connectivity index (χ2n) is 7.48. The first kappa shape index (κ1) is 22.5. The third kappa shape index (κ3) is 5.19. The molecule has 0 atom stereocenters.